The lowest BCUT2D eigenvalue weighted by atomic mass is 10.3. The van der Waals surface area contributed by atoms with Crippen molar-refractivity contribution in [2.24, 2.45) is 0 Å². The van der Waals surface area contributed by atoms with Crippen molar-refractivity contribution in [3.05, 3.63) is 0 Å². The van der Waals surface area contributed by atoms with Crippen LogP contribution >= 0.6 is 0 Å². The zero-order valence-corrected chi connectivity index (χ0v) is 10.2. The van der Waals surface area contributed by atoms with Crippen LogP contribution in [-0.4, -0.2) is 43.9 Å². The normalized spacial score (nSPS) is 12.9. The van der Waals surface area contributed by atoms with Crippen molar-refractivity contribution in [3.8, 4) is 0 Å². The first-order valence-corrected chi connectivity index (χ1v) is 6.24. The van der Waals surface area contributed by atoms with Crippen molar-refractivity contribution in [2.75, 3.05) is 19.7 Å². The highest BCUT2D eigenvalue weighted by molar-refractivity contribution is 7.80. The topological polar surface area (TPSA) is 95.9 Å². The molecule has 1 unspecified atom stereocenters. The molecular weight excluding hydrogens is 222 g/mol. The maximum Gasteiger partial charge on any atom is 0.397 e. The standard InChI is InChI=1S/C4H11N.C4H10O5S/c1-3-5-4-2;1-2-4(5)3-9-10(6,7)8/h5H,3-4H2,1-2H3;4-5H,2-3H2,1H3,(H,6,7,8). The van der Waals surface area contributed by atoms with E-state index in [9.17, 15) is 8.42 Å². The Balaban J connectivity index is 0. The van der Waals surface area contributed by atoms with E-state index in [-0.39, 0.29) is 0 Å². The monoisotopic (exact) mass is 243 g/mol. The average molecular weight is 243 g/mol. The van der Waals surface area contributed by atoms with Crippen molar-refractivity contribution < 1.29 is 22.3 Å². The van der Waals surface area contributed by atoms with Gasteiger partial charge in [-0.05, 0) is 19.5 Å². The highest BCUT2D eigenvalue weighted by atomic mass is 32.3. The van der Waals surface area contributed by atoms with Crippen LogP contribution in [0.2, 0.25) is 0 Å². The molecule has 6 nitrogen and oxygen atoms in total. The van der Waals surface area contributed by atoms with Crippen molar-refractivity contribution in [3.63, 3.8) is 0 Å². The van der Waals surface area contributed by atoms with E-state index in [0.717, 1.165) is 13.1 Å². The van der Waals surface area contributed by atoms with Crippen molar-refractivity contribution >= 4 is 10.4 Å². The molecule has 0 saturated carbocycles. The van der Waals surface area contributed by atoms with Gasteiger partial charge in [-0.1, -0.05) is 20.8 Å². The van der Waals surface area contributed by atoms with Crippen LogP contribution in [-0.2, 0) is 14.6 Å². The summed E-state index contributed by atoms with van der Waals surface area (Å²) in [6, 6.07) is 0. The van der Waals surface area contributed by atoms with Crippen LogP contribution in [0.4, 0.5) is 0 Å². The minimum absolute atomic E-state index is 0.384. The molecule has 0 fully saturated rings. The second-order valence-electron chi connectivity index (χ2n) is 2.73. The number of hydrogen-bond donors (Lipinski definition) is 3. The zero-order valence-electron chi connectivity index (χ0n) is 9.43. The van der Waals surface area contributed by atoms with Gasteiger partial charge in [0, 0.05) is 0 Å². The summed E-state index contributed by atoms with van der Waals surface area (Å²) < 4.78 is 31.6. The maximum absolute atomic E-state index is 9.87. The highest BCUT2D eigenvalue weighted by Gasteiger charge is 2.07. The van der Waals surface area contributed by atoms with Gasteiger partial charge >= 0.3 is 10.4 Å². The fourth-order valence-electron chi connectivity index (χ4n) is 0.532. The van der Waals surface area contributed by atoms with Crippen molar-refractivity contribution in [1.29, 1.82) is 0 Å². The molecule has 0 amide bonds. The van der Waals surface area contributed by atoms with Crippen molar-refractivity contribution in [1.82, 2.24) is 5.32 Å². The highest BCUT2D eigenvalue weighted by Crippen LogP contribution is 1.93. The fourth-order valence-corrected chi connectivity index (χ4v) is 0.861. The number of aliphatic hydroxyl groups is 1. The number of hydrogen-bond acceptors (Lipinski definition) is 5. The third kappa shape index (κ3) is 20.0. The Kier molecular flexibility index (Phi) is 11.8. The van der Waals surface area contributed by atoms with E-state index < -0.39 is 23.1 Å². The Labute approximate surface area is 91.6 Å². The van der Waals surface area contributed by atoms with E-state index in [1.165, 1.54) is 0 Å². The fraction of sp³-hybridized carbons (Fsp3) is 1.00. The first kappa shape index (κ1) is 17.2. The van der Waals surface area contributed by atoms with Gasteiger partial charge in [-0.3, -0.25) is 4.55 Å². The van der Waals surface area contributed by atoms with E-state index in [1.807, 2.05) is 0 Å². The summed E-state index contributed by atoms with van der Waals surface area (Å²) in [7, 11) is -4.39. The average Bonchev–Trinajstić information content (AvgIpc) is 2.15. The Morgan fingerprint density at radius 3 is 1.93 bits per heavy atom. The Hall–Kier alpha value is -0.210. The molecule has 0 saturated heterocycles. The summed E-state index contributed by atoms with van der Waals surface area (Å²) in [6.45, 7) is 7.66. The summed E-state index contributed by atoms with van der Waals surface area (Å²) in [5.74, 6) is 0. The van der Waals surface area contributed by atoms with Crippen LogP contribution in [0.5, 0.6) is 0 Å². The first-order valence-electron chi connectivity index (χ1n) is 4.87. The minimum atomic E-state index is -4.39. The minimum Gasteiger partial charge on any atom is -0.391 e. The van der Waals surface area contributed by atoms with E-state index >= 15 is 0 Å². The molecule has 0 aliphatic carbocycles. The van der Waals surface area contributed by atoms with Gasteiger partial charge in [-0.25, -0.2) is 4.18 Å². The number of aliphatic hydroxyl groups excluding tert-OH is 1. The Morgan fingerprint density at radius 2 is 1.73 bits per heavy atom. The summed E-state index contributed by atoms with van der Waals surface area (Å²) in [5.41, 5.74) is 0. The molecule has 0 radical (unpaired) electrons. The third-order valence-corrected chi connectivity index (χ3v) is 1.81. The molecule has 0 heterocycles. The Bertz CT molecular complexity index is 215. The van der Waals surface area contributed by atoms with Gasteiger partial charge in [0.05, 0.1) is 12.7 Å². The third-order valence-electron chi connectivity index (χ3n) is 1.38. The molecule has 0 aliphatic heterocycles. The van der Waals surface area contributed by atoms with Gasteiger partial charge in [-0.2, -0.15) is 8.42 Å². The first-order chi connectivity index (χ1) is 6.87. The van der Waals surface area contributed by atoms with Crippen LogP contribution in [0.25, 0.3) is 0 Å². The molecule has 0 spiro atoms. The lowest BCUT2D eigenvalue weighted by Gasteiger charge is -2.04. The van der Waals surface area contributed by atoms with Crippen molar-refractivity contribution in [2.45, 2.75) is 33.3 Å². The zero-order chi connectivity index (χ0) is 12.3. The van der Waals surface area contributed by atoms with Gasteiger partial charge in [0.2, 0.25) is 0 Å². The summed E-state index contributed by atoms with van der Waals surface area (Å²) in [5, 5.41) is 11.8. The molecule has 94 valence electrons. The quantitative estimate of drug-likeness (QED) is 0.576. The largest absolute Gasteiger partial charge is 0.397 e. The molecule has 1 atom stereocenters. The van der Waals surface area contributed by atoms with Crippen LogP contribution in [0.3, 0.4) is 0 Å². The van der Waals surface area contributed by atoms with Crippen LogP contribution in [0.1, 0.15) is 27.2 Å². The van der Waals surface area contributed by atoms with Gasteiger partial charge in [0.15, 0.2) is 0 Å². The van der Waals surface area contributed by atoms with E-state index in [1.54, 1.807) is 6.92 Å². The molecule has 7 heteroatoms. The van der Waals surface area contributed by atoms with E-state index in [4.69, 9.17) is 9.66 Å². The summed E-state index contributed by atoms with van der Waals surface area (Å²) >= 11 is 0. The SMILES string of the molecule is CCC(O)COS(=O)(=O)O.CCNCC. The molecule has 3 N–H and O–H groups in total. The van der Waals surface area contributed by atoms with E-state index in [2.05, 4.69) is 23.3 Å². The molecule has 15 heavy (non-hydrogen) atoms. The second kappa shape index (κ2) is 10.3. The van der Waals surface area contributed by atoms with Crippen LogP contribution in [0.15, 0.2) is 0 Å². The lowest BCUT2D eigenvalue weighted by Crippen LogP contribution is -2.17. The molecule has 0 aromatic rings. The molecule has 0 rings (SSSR count). The predicted octanol–water partition coefficient (Wildman–Crippen LogP) is 0.193. The van der Waals surface area contributed by atoms with Crippen LogP contribution in [0, 0.1) is 0 Å². The molecular formula is C8H21NO5S. The summed E-state index contributed by atoms with van der Waals surface area (Å²) in [4.78, 5) is 0. The van der Waals surface area contributed by atoms with E-state index in [0.29, 0.717) is 6.42 Å². The Morgan fingerprint density at radius 1 is 1.27 bits per heavy atom. The maximum atomic E-state index is 9.87. The molecule has 0 bridgehead atoms. The molecule has 0 aliphatic rings. The number of rotatable bonds is 6. The lowest BCUT2D eigenvalue weighted by molar-refractivity contribution is 0.0998. The van der Waals surface area contributed by atoms with Crippen LogP contribution < -0.4 is 5.32 Å². The number of nitrogens with one attached hydrogen (secondary N) is 1. The predicted molar refractivity (Wildman–Crippen MR) is 58.0 cm³/mol. The smallest absolute Gasteiger partial charge is 0.391 e. The van der Waals surface area contributed by atoms with Gasteiger partial charge < -0.3 is 10.4 Å². The van der Waals surface area contributed by atoms with Gasteiger partial charge in [0.25, 0.3) is 0 Å². The summed E-state index contributed by atoms with van der Waals surface area (Å²) in [6.07, 6.45) is -0.461. The second-order valence-corrected chi connectivity index (χ2v) is 3.82. The molecule has 0 aromatic carbocycles. The van der Waals surface area contributed by atoms with Gasteiger partial charge in [0.1, 0.15) is 0 Å². The van der Waals surface area contributed by atoms with Gasteiger partial charge in [-0.15, -0.1) is 0 Å². The molecule has 0 aromatic heterocycles.